The van der Waals surface area contributed by atoms with Crippen molar-refractivity contribution in [1.29, 1.82) is 0 Å². The van der Waals surface area contributed by atoms with Gasteiger partial charge in [-0.1, -0.05) is 36.3 Å². The van der Waals surface area contributed by atoms with Crippen molar-refractivity contribution in [1.82, 2.24) is 10.3 Å². The minimum Gasteiger partial charge on any atom is -0.506 e. The monoisotopic (exact) mass is 456 g/mol. The SMILES string of the molecule is Cl.O=c1[nH]c2c(O)ccc(CCNCCCCCCOCCc3cccs3)c2s1. The number of thiazole rings is 1. The van der Waals surface area contributed by atoms with Gasteiger partial charge in [-0.2, -0.15) is 0 Å². The normalized spacial score (nSPS) is 11.0. The van der Waals surface area contributed by atoms with Gasteiger partial charge in [0.1, 0.15) is 11.3 Å². The largest absolute Gasteiger partial charge is 0.506 e. The van der Waals surface area contributed by atoms with Crippen LogP contribution in [0, 0.1) is 0 Å². The van der Waals surface area contributed by atoms with Gasteiger partial charge in [-0.25, -0.2) is 0 Å². The standard InChI is InChI=1S/C21H28N2O3S2.ClH/c24-18-8-7-16(20-19(18)23-21(25)28-20)9-12-22-11-3-1-2-4-13-26-14-10-17-6-5-15-27-17;/h5-8,15,22,24H,1-4,9-14H2,(H,23,25);1H. The quantitative estimate of drug-likeness (QED) is 0.325. The van der Waals surface area contributed by atoms with Crippen LogP contribution in [-0.4, -0.2) is 36.4 Å². The number of H-pyrrole nitrogens is 1. The lowest BCUT2D eigenvalue weighted by molar-refractivity contribution is 0.133. The fraction of sp³-hybridized carbons (Fsp3) is 0.476. The van der Waals surface area contributed by atoms with E-state index in [-0.39, 0.29) is 23.0 Å². The number of fused-ring (bicyclic) bond motifs is 1. The highest BCUT2D eigenvalue weighted by Crippen LogP contribution is 2.27. The van der Waals surface area contributed by atoms with Crippen LogP contribution in [0.2, 0.25) is 0 Å². The molecular weight excluding hydrogens is 428 g/mol. The highest BCUT2D eigenvalue weighted by atomic mass is 35.5. The van der Waals surface area contributed by atoms with Gasteiger partial charge in [0, 0.05) is 17.9 Å². The number of unbranched alkanes of at least 4 members (excludes halogenated alkanes) is 3. The van der Waals surface area contributed by atoms with Crippen molar-refractivity contribution in [2.24, 2.45) is 0 Å². The van der Waals surface area contributed by atoms with Crippen molar-refractivity contribution in [3.05, 3.63) is 49.8 Å². The first kappa shape index (κ1) is 23.9. The molecule has 0 aliphatic carbocycles. The zero-order valence-electron chi connectivity index (χ0n) is 16.4. The van der Waals surface area contributed by atoms with E-state index in [2.05, 4.69) is 27.8 Å². The number of nitrogens with one attached hydrogen (secondary N) is 2. The van der Waals surface area contributed by atoms with E-state index in [1.165, 1.54) is 17.7 Å². The Bertz CT molecular complexity index is 893. The van der Waals surface area contributed by atoms with Crippen molar-refractivity contribution >= 4 is 45.3 Å². The van der Waals surface area contributed by atoms with Gasteiger partial charge in [0.2, 0.25) is 0 Å². The maximum Gasteiger partial charge on any atom is 0.305 e. The third kappa shape index (κ3) is 7.75. The van der Waals surface area contributed by atoms with E-state index in [0.717, 1.165) is 73.6 Å². The summed E-state index contributed by atoms with van der Waals surface area (Å²) in [4.78, 5) is 15.5. The molecule has 0 fully saturated rings. The summed E-state index contributed by atoms with van der Waals surface area (Å²) in [6.45, 7) is 3.55. The molecule has 5 nitrogen and oxygen atoms in total. The Kier molecular flexibility index (Phi) is 10.7. The summed E-state index contributed by atoms with van der Waals surface area (Å²) in [6, 6.07) is 7.80. The van der Waals surface area contributed by atoms with Crippen molar-refractivity contribution in [3.8, 4) is 5.75 Å². The number of phenolic OH excluding ortho intramolecular Hbond substituents is 1. The van der Waals surface area contributed by atoms with E-state index >= 15 is 0 Å². The third-order valence-electron chi connectivity index (χ3n) is 4.68. The number of aromatic hydroxyl groups is 1. The van der Waals surface area contributed by atoms with Crippen molar-refractivity contribution in [2.45, 2.75) is 38.5 Å². The molecule has 3 aromatic rings. The maximum atomic E-state index is 11.5. The lowest BCUT2D eigenvalue weighted by atomic mass is 10.1. The lowest BCUT2D eigenvalue weighted by Gasteiger charge is -2.07. The Balaban J connectivity index is 0.00000300. The minimum atomic E-state index is -0.124. The van der Waals surface area contributed by atoms with Crippen LogP contribution in [0.1, 0.15) is 36.1 Å². The number of halogens is 1. The van der Waals surface area contributed by atoms with E-state index in [1.54, 1.807) is 17.4 Å². The highest BCUT2D eigenvalue weighted by molar-refractivity contribution is 7.16. The first-order valence-corrected chi connectivity index (χ1v) is 11.6. The number of hydrogen-bond acceptors (Lipinski definition) is 6. The van der Waals surface area contributed by atoms with Crippen LogP contribution >= 0.6 is 35.1 Å². The molecule has 29 heavy (non-hydrogen) atoms. The Labute approximate surface area is 185 Å². The van der Waals surface area contributed by atoms with Crippen LogP contribution < -0.4 is 10.2 Å². The Morgan fingerprint density at radius 2 is 1.90 bits per heavy atom. The molecule has 2 heterocycles. The summed E-state index contributed by atoms with van der Waals surface area (Å²) in [5.41, 5.74) is 1.66. The van der Waals surface area contributed by atoms with Gasteiger partial charge >= 0.3 is 4.87 Å². The van der Waals surface area contributed by atoms with Crippen LogP contribution in [-0.2, 0) is 17.6 Å². The average Bonchev–Trinajstić information content (AvgIpc) is 3.34. The van der Waals surface area contributed by atoms with Gasteiger partial charge in [-0.05, 0) is 55.4 Å². The second-order valence-electron chi connectivity index (χ2n) is 6.82. The molecule has 8 heteroatoms. The van der Waals surface area contributed by atoms with E-state index in [9.17, 15) is 9.90 Å². The van der Waals surface area contributed by atoms with E-state index in [1.807, 2.05) is 6.07 Å². The van der Waals surface area contributed by atoms with Crippen LogP contribution in [0.25, 0.3) is 10.2 Å². The molecule has 0 saturated heterocycles. The predicted molar refractivity (Wildman–Crippen MR) is 125 cm³/mol. The Hall–Kier alpha value is -1.38. The number of ether oxygens (including phenoxy) is 1. The fourth-order valence-electron chi connectivity index (χ4n) is 3.16. The van der Waals surface area contributed by atoms with E-state index < -0.39 is 0 Å². The molecule has 2 aromatic heterocycles. The molecule has 0 amide bonds. The van der Waals surface area contributed by atoms with Gasteiger partial charge < -0.3 is 20.1 Å². The Morgan fingerprint density at radius 1 is 1.03 bits per heavy atom. The summed E-state index contributed by atoms with van der Waals surface area (Å²) in [7, 11) is 0. The number of thiophene rings is 1. The predicted octanol–water partition coefficient (Wildman–Crippen LogP) is 4.73. The molecule has 0 unspecified atom stereocenters. The zero-order valence-corrected chi connectivity index (χ0v) is 18.9. The van der Waals surface area contributed by atoms with Crippen LogP contribution in [0.15, 0.2) is 34.4 Å². The van der Waals surface area contributed by atoms with Crippen LogP contribution in [0.3, 0.4) is 0 Å². The first-order valence-electron chi connectivity index (χ1n) is 9.88. The number of aromatic nitrogens is 1. The second-order valence-corrected chi connectivity index (χ2v) is 8.83. The van der Waals surface area contributed by atoms with E-state index in [0.29, 0.717) is 5.52 Å². The minimum absolute atomic E-state index is 0. The van der Waals surface area contributed by atoms with Gasteiger partial charge in [0.15, 0.2) is 0 Å². The van der Waals surface area contributed by atoms with Crippen LogP contribution in [0.5, 0.6) is 5.75 Å². The molecule has 0 radical (unpaired) electrons. The number of phenols is 1. The molecule has 3 rings (SSSR count). The molecule has 0 atom stereocenters. The molecular formula is C21H29ClN2O3S2. The summed E-state index contributed by atoms with van der Waals surface area (Å²) in [6.07, 6.45) is 6.58. The molecule has 1 aromatic carbocycles. The number of aromatic amines is 1. The number of rotatable bonds is 13. The molecule has 0 bridgehead atoms. The highest BCUT2D eigenvalue weighted by Gasteiger charge is 2.09. The molecule has 160 valence electrons. The zero-order chi connectivity index (χ0) is 19.6. The van der Waals surface area contributed by atoms with Gasteiger partial charge in [0.25, 0.3) is 0 Å². The van der Waals surface area contributed by atoms with Gasteiger partial charge in [-0.15, -0.1) is 23.7 Å². The van der Waals surface area contributed by atoms with Crippen molar-refractivity contribution in [2.75, 3.05) is 26.3 Å². The summed E-state index contributed by atoms with van der Waals surface area (Å²) in [5.74, 6) is 0.139. The van der Waals surface area contributed by atoms with Gasteiger partial charge in [0.05, 0.1) is 11.3 Å². The van der Waals surface area contributed by atoms with Crippen molar-refractivity contribution < 1.29 is 9.84 Å². The molecule has 3 N–H and O–H groups in total. The average molecular weight is 457 g/mol. The summed E-state index contributed by atoms with van der Waals surface area (Å²) in [5, 5.41) is 15.4. The van der Waals surface area contributed by atoms with E-state index in [4.69, 9.17) is 4.74 Å². The third-order valence-corrected chi connectivity index (χ3v) is 6.57. The molecule has 0 aliphatic rings. The molecule has 0 aliphatic heterocycles. The maximum absolute atomic E-state index is 11.5. The first-order chi connectivity index (χ1) is 13.7. The van der Waals surface area contributed by atoms with Crippen LogP contribution in [0.4, 0.5) is 0 Å². The molecule has 0 saturated carbocycles. The Morgan fingerprint density at radius 3 is 2.72 bits per heavy atom. The number of benzene rings is 1. The fourth-order valence-corrected chi connectivity index (χ4v) is 4.74. The summed E-state index contributed by atoms with van der Waals surface area (Å²) < 4.78 is 6.56. The van der Waals surface area contributed by atoms with Crippen molar-refractivity contribution in [3.63, 3.8) is 0 Å². The topological polar surface area (TPSA) is 74.4 Å². The summed E-state index contributed by atoms with van der Waals surface area (Å²) >= 11 is 2.96. The number of hydrogen-bond donors (Lipinski definition) is 3. The second kappa shape index (κ2) is 13.0. The molecule has 0 spiro atoms. The smallest absolute Gasteiger partial charge is 0.305 e. The van der Waals surface area contributed by atoms with Gasteiger partial charge in [-0.3, -0.25) is 4.79 Å². The lowest BCUT2D eigenvalue weighted by Crippen LogP contribution is -2.18.